The number of amides is 1. The maximum absolute atomic E-state index is 12.0. The van der Waals surface area contributed by atoms with Crippen molar-refractivity contribution in [1.82, 2.24) is 20.0 Å². The predicted octanol–water partition coefficient (Wildman–Crippen LogP) is 2.08. The zero-order valence-electron chi connectivity index (χ0n) is 13.0. The highest BCUT2D eigenvalue weighted by Gasteiger charge is 2.19. The van der Waals surface area contributed by atoms with Gasteiger partial charge in [-0.05, 0) is 27.2 Å². The Morgan fingerprint density at radius 2 is 2.10 bits per heavy atom. The molecule has 114 valence electrons. The van der Waals surface area contributed by atoms with Gasteiger partial charge in [-0.25, -0.2) is 0 Å². The van der Waals surface area contributed by atoms with E-state index in [4.69, 9.17) is 11.6 Å². The third kappa shape index (κ3) is 3.73. The maximum atomic E-state index is 12.0. The van der Waals surface area contributed by atoms with E-state index in [1.54, 1.807) is 11.9 Å². The highest BCUT2D eigenvalue weighted by atomic mass is 35.5. The van der Waals surface area contributed by atoms with Gasteiger partial charge in [0.1, 0.15) is 0 Å². The fourth-order valence-electron chi connectivity index (χ4n) is 2.01. The van der Waals surface area contributed by atoms with Crippen molar-refractivity contribution < 1.29 is 4.79 Å². The smallest absolute Gasteiger partial charge is 0.239 e. The Kier molecular flexibility index (Phi) is 6.49. The Morgan fingerprint density at radius 3 is 2.60 bits per heavy atom. The van der Waals surface area contributed by atoms with Crippen LogP contribution in [0.5, 0.6) is 0 Å². The van der Waals surface area contributed by atoms with E-state index >= 15 is 0 Å². The van der Waals surface area contributed by atoms with Crippen LogP contribution in [-0.4, -0.2) is 40.2 Å². The van der Waals surface area contributed by atoms with Crippen LogP contribution in [0.25, 0.3) is 0 Å². The predicted molar refractivity (Wildman–Crippen MR) is 81.9 cm³/mol. The van der Waals surface area contributed by atoms with Gasteiger partial charge < -0.3 is 10.2 Å². The Labute approximate surface area is 126 Å². The quantitative estimate of drug-likeness (QED) is 0.839. The Bertz CT molecular complexity index is 458. The van der Waals surface area contributed by atoms with Gasteiger partial charge in [-0.2, -0.15) is 5.10 Å². The molecule has 1 amide bonds. The summed E-state index contributed by atoms with van der Waals surface area (Å²) >= 11 is 6.34. The first kappa shape index (κ1) is 17.0. The molecule has 1 aromatic rings. The lowest BCUT2D eigenvalue weighted by atomic mass is 10.2. The molecule has 0 saturated heterocycles. The summed E-state index contributed by atoms with van der Waals surface area (Å²) in [6, 6.07) is -0.235. The van der Waals surface area contributed by atoms with Gasteiger partial charge in [-0.3, -0.25) is 9.48 Å². The van der Waals surface area contributed by atoms with Gasteiger partial charge >= 0.3 is 0 Å². The van der Waals surface area contributed by atoms with Crippen molar-refractivity contribution in [2.24, 2.45) is 0 Å². The normalized spacial score (nSPS) is 12.5. The summed E-state index contributed by atoms with van der Waals surface area (Å²) in [7, 11) is 1.80. The minimum atomic E-state index is -0.235. The first-order chi connectivity index (χ1) is 9.46. The summed E-state index contributed by atoms with van der Waals surface area (Å²) in [5, 5.41) is 8.41. The fraction of sp³-hybridized carbons (Fsp3) is 0.714. The molecule has 0 radical (unpaired) electrons. The lowest BCUT2D eigenvalue weighted by Crippen LogP contribution is -2.43. The average molecular weight is 301 g/mol. The molecule has 1 atom stereocenters. The Morgan fingerprint density at radius 1 is 1.45 bits per heavy atom. The average Bonchev–Trinajstić information content (AvgIpc) is 2.78. The van der Waals surface area contributed by atoms with E-state index in [-0.39, 0.29) is 11.9 Å². The van der Waals surface area contributed by atoms with Gasteiger partial charge in [0.2, 0.25) is 5.91 Å². The summed E-state index contributed by atoms with van der Waals surface area (Å²) in [4.78, 5) is 13.7. The number of carbonyl (C=O) groups excluding carboxylic acids is 1. The van der Waals surface area contributed by atoms with Crippen molar-refractivity contribution in [1.29, 1.82) is 0 Å². The second kappa shape index (κ2) is 7.64. The number of nitrogens with zero attached hydrogens (tertiary/aromatic N) is 3. The molecule has 1 unspecified atom stereocenters. The monoisotopic (exact) mass is 300 g/mol. The SMILES string of the molecule is CCc1nn(CC)c(CNC(C)C(=O)N(C)CC)c1Cl. The molecule has 5 nitrogen and oxygen atoms in total. The summed E-state index contributed by atoms with van der Waals surface area (Å²) in [6.45, 7) is 9.92. The first-order valence-corrected chi connectivity index (χ1v) is 7.56. The van der Waals surface area contributed by atoms with Crippen molar-refractivity contribution in [2.75, 3.05) is 13.6 Å². The minimum absolute atomic E-state index is 0.0851. The largest absolute Gasteiger partial charge is 0.345 e. The molecule has 20 heavy (non-hydrogen) atoms. The second-order valence-electron chi connectivity index (χ2n) is 4.83. The number of hydrogen-bond donors (Lipinski definition) is 1. The van der Waals surface area contributed by atoms with Crippen LogP contribution in [0.15, 0.2) is 0 Å². The zero-order chi connectivity index (χ0) is 15.3. The number of aryl methyl sites for hydroxylation is 2. The van der Waals surface area contributed by atoms with E-state index in [1.165, 1.54) is 0 Å². The molecule has 1 rings (SSSR count). The van der Waals surface area contributed by atoms with Gasteiger partial charge in [-0.1, -0.05) is 18.5 Å². The number of likely N-dealkylation sites (N-methyl/N-ethyl adjacent to an activating group) is 1. The fourth-order valence-corrected chi connectivity index (χ4v) is 2.35. The molecule has 0 aliphatic carbocycles. The zero-order valence-corrected chi connectivity index (χ0v) is 13.8. The van der Waals surface area contributed by atoms with E-state index in [0.717, 1.165) is 24.4 Å². The van der Waals surface area contributed by atoms with Crippen LogP contribution in [0.3, 0.4) is 0 Å². The van der Waals surface area contributed by atoms with Crippen LogP contribution in [0.1, 0.15) is 39.1 Å². The van der Waals surface area contributed by atoms with Crippen molar-refractivity contribution in [2.45, 2.75) is 53.2 Å². The van der Waals surface area contributed by atoms with Gasteiger partial charge in [0.15, 0.2) is 0 Å². The molecular weight excluding hydrogens is 276 g/mol. The molecule has 0 aliphatic heterocycles. The van der Waals surface area contributed by atoms with Crippen LogP contribution in [0.2, 0.25) is 5.02 Å². The van der Waals surface area contributed by atoms with Gasteiger partial charge in [0, 0.05) is 26.7 Å². The molecule has 0 aromatic carbocycles. The molecule has 0 aliphatic rings. The Balaban J connectivity index is 2.74. The number of aromatic nitrogens is 2. The Hall–Kier alpha value is -1.07. The molecule has 1 aromatic heterocycles. The van der Waals surface area contributed by atoms with Crippen molar-refractivity contribution in [3.05, 3.63) is 16.4 Å². The summed E-state index contributed by atoms with van der Waals surface area (Å²) < 4.78 is 1.90. The molecule has 1 heterocycles. The number of halogens is 1. The van der Waals surface area contributed by atoms with Gasteiger partial charge in [0.05, 0.1) is 22.5 Å². The van der Waals surface area contributed by atoms with E-state index < -0.39 is 0 Å². The number of hydrogen-bond acceptors (Lipinski definition) is 3. The topological polar surface area (TPSA) is 50.2 Å². The molecule has 6 heteroatoms. The summed E-state index contributed by atoms with van der Waals surface area (Å²) in [6.07, 6.45) is 0.811. The molecule has 1 N–H and O–H groups in total. The third-order valence-electron chi connectivity index (χ3n) is 3.49. The highest BCUT2D eigenvalue weighted by Crippen LogP contribution is 2.21. The summed E-state index contributed by atoms with van der Waals surface area (Å²) in [5.41, 5.74) is 1.86. The van der Waals surface area contributed by atoms with Crippen LogP contribution >= 0.6 is 11.6 Å². The van der Waals surface area contributed by atoms with Gasteiger partial charge in [0.25, 0.3) is 0 Å². The molecule has 0 saturated carbocycles. The van der Waals surface area contributed by atoms with Crippen LogP contribution in [0, 0.1) is 0 Å². The minimum Gasteiger partial charge on any atom is -0.345 e. The van der Waals surface area contributed by atoms with E-state index in [1.807, 2.05) is 32.4 Å². The lowest BCUT2D eigenvalue weighted by Gasteiger charge is -2.20. The highest BCUT2D eigenvalue weighted by molar-refractivity contribution is 6.31. The van der Waals surface area contributed by atoms with E-state index in [0.29, 0.717) is 18.1 Å². The second-order valence-corrected chi connectivity index (χ2v) is 5.21. The third-order valence-corrected chi connectivity index (χ3v) is 3.93. The summed E-state index contributed by atoms with van der Waals surface area (Å²) in [5.74, 6) is 0.0851. The molecule has 0 bridgehead atoms. The molecule has 0 fully saturated rings. The maximum Gasteiger partial charge on any atom is 0.239 e. The lowest BCUT2D eigenvalue weighted by molar-refractivity contribution is -0.131. The molecule has 0 spiro atoms. The van der Waals surface area contributed by atoms with Crippen LogP contribution in [-0.2, 0) is 24.3 Å². The van der Waals surface area contributed by atoms with Crippen LogP contribution < -0.4 is 5.32 Å². The number of nitrogens with one attached hydrogen (secondary N) is 1. The number of rotatable bonds is 7. The van der Waals surface area contributed by atoms with Gasteiger partial charge in [-0.15, -0.1) is 0 Å². The molecular formula is C14H25ClN4O. The van der Waals surface area contributed by atoms with Crippen molar-refractivity contribution in [3.8, 4) is 0 Å². The standard InChI is InChI=1S/C14H25ClN4O/c1-6-11-13(15)12(19(8-3)17-11)9-16-10(4)14(20)18(5)7-2/h10,16H,6-9H2,1-5H3. The number of carbonyl (C=O) groups is 1. The van der Waals surface area contributed by atoms with E-state index in [2.05, 4.69) is 10.4 Å². The first-order valence-electron chi connectivity index (χ1n) is 7.18. The van der Waals surface area contributed by atoms with E-state index in [9.17, 15) is 4.79 Å². The van der Waals surface area contributed by atoms with Crippen LogP contribution in [0.4, 0.5) is 0 Å². The van der Waals surface area contributed by atoms with Crippen molar-refractivity contribution >= 4 is 17.5 Å². The van der Waals surface area contributed by atoms with Crippen molar-refractivity contribution in [3.63, 3.8) is 0 Å².